The third kappa shape index (κ3) is 3.28. The number of amides is 1. The Morgan fingerprint density at radius 1 is 1.63 bits per heavy atom. The summed E-state index contributed by atoms with van der Waals surface area (Å²) in [5.74, 6) is -1.21. The van der Waals surface area contributed by atoms with Crippen molar-refractivity contribution in [3.05, 3.63) is 16.1 Å². The summed E-state index contributed by atoms with van der Waals surface area (Å²) in [5.41, 5.74) is 5.78. The molecule has 1 aliphatic heterocycles. The van der Waals surface area contributed by atoms with Gasteiger partial charge in [-0.3, -0.25) is 9.59 Å². The van der Waals surface area contributed by atoms with E-state index in [2.05, 4.69) is 4.98 Å². The van der Waals surface area contributed by atoms with Crippen molar-refractivity contribution in [2.24, 2.45) is 5.73 Å². The Balaban J connectivity index is 2.12. The third-order valence-electron chi connectivity index (χ3n) is 2.84. The van der Waals surface area contributed by atoms with E-state index in [1.165, 1.54) is 16.2 Å². The fourth-order valence-corrected chi connectivity index (χ4v) is 2.59. The Morgan fingerprint density at radius 2 is 2.42 bits per heavy atom. The number of carbonyl (C=O) groups is 2. The second-order valence-corrected chi connectivity index (χ2v) is 5.10. The molecule has 1 saturated heterocycles. The van der Waals surface area contributed by atoms with E-state index < -0.39 is 12.0 Å². The van der Waals surface area contributed by atoms with E-state index in [1.54, 1.807) is 5.38 Å². The lowest BCUT2D eigenvalue weighted by atomic mass is 10.1. The van der Waals surface area contributed by atoms with Crippen molar-refractivity contribution in [2.45, 2.75) is 19.0 Å². The first-order valence-electron chi connectivity index (χ1n) is 5.86. The standard InChI is InChI=1S/C11H15N3O4S/c12-4-9-13-8(6-19-9)11(17)14-1-2-18-5-7(14)3-10(15)16/h6-7H,1-5,12H2,(H,15,16). The molecule has 0 spiro atoms. The SMILES string of the molecule is NCc1nc(C(=O)N2CCOCC2CC(=O)O)cs1. The van der Waals surface area contributed by atoms with Gasteiger partial charge in [-0.2, -0.15) is 0 Å². The molecule has 19 heavy (non-hydrogen) atoms. The Kier molecular flexibility index (Phi) is 4.46. The summed E-state index contributed by atoms with van der Waals surface area (Å²) in [6, 6.07) is -0.443. The van der Waals surface area contributed by atoms with Crippen LogP contribution in [0.1, 0.15) is 21.9 Å². The number of morpholine rings is 1. The van der Waals surface area contributed by atoms with Crippen LogP contribution in [0.3, 0.4) is 0 Å². The maximum atomic E-state index is 12.3. The van der Waals surface area contributed by atoms with Gasteiger partial charge in [0, 0.05) is 18.5 Å². The molecule has 1 aromatic heterocycles. The van der Waals surface area contributed by atoms with Crippen LogP contribution in [0, 0.1) is 0 Å². The molecule has 7 nitrogen and oxygen atoms in total. The van der Waals surface area contributed by atoms with Gasteiger partial charge in [0.15, 0.2) is 0 Å². The molecule has 1 fully saturated rings. The number of nitrogens with two attached hydrogens (primary N) is 1. The summed E-state index contributed by atoms with van der Waals surface area (Å²) in [6.07, 6.45) is -0.125. The van der Waals surface area contributed by atoms with E-state index in [-0.39, 0.29) is 18.9 Å². The van der Waals surface area contributed by atoms with Crippen molar-refractivity contribution in [1.29, 1.82) is 0 Å². The van der Waals surface area contributed by atoms with Crippen LogP contribution in [0.15, 0.2) is 5.38 Å². The van der Waals surface area contributed by atoms with Crippen LogP contribution in [0.5, 0.6) is 0 Å². The van der Waals surface area contributed by atoms with Crippen LogP contribution in [0.2, 0.25) is 0 Å². The van der Waals surface area contributed by atoms with Gasteiger partial charge in [0.25, 0.3) is 5.91 Å². The number of carboxylic acids is 1. The first-order chi connectivity index (χ1) is 9.11. The van der Waals surface area contributed by atoms with E-state index in [0.29, 0.717) is 30.4 Å². The van der Waals surface area contributed by atoms with Crippen LogP contribution in [-0.4, -0.2) is 52.7 Å². The molecule has 2 heterocycles. The van der Waals surface area contributed by atoms with Crippen LogP contribution in [-0.2, 0) is 16.1 Å². The maximum Gasteiger partial charge on any atom is 0.305 e. The summed E-state index contributed by atoms with van der Waals surface area (Å²) in [6.45, 7) is 1.33. The molecule has 3 N–H and O–H groups in total. The molecule has 8 heteroatoms. The quantitative estimate of drug-likeness (QED) is 0.801. The van der Waals surface area contributed by atoms with Crippen LogP contribution in [0.25, 0.3) is 0 Å². The maximum absolute atomic E-state index is 12.3. The van der Waals surface area contributed by atoms with Crippen molar-refractivity contribution >= 4 is 23.2 Å². The molecule has 1 unspecified atom stereocenters. The smallest absolute Gasteiger partial charge is 0.305 e. The topological polar surface area (TPSA) is 106 Å². The molecule has 1 aliphatic rings. The Morgan fingerprint density at radius 3 is 3.05 bits per heavy atom. The highest BCUT2D eigenvalue weighted by atomic mass is 32.1. The first-order valence-corrected chi connectivity index (χ1v) is 6.74. The molecule has 1 aromatic rings. The van der Waals surface area contributed by atoms with Gasteiger partial charge in [0.2, 0.25) is 0 Å². The number of rotatable bonds is 4. The molecule has 0 saturated carbocycles. The lowest BCUT2D eigenvalue weighted by molar-refractivity contribution is -0.139. The molecule has 0 bridgehead atoms. The van der Waals surface area contributed by atoms with Gasteiger partial charge in [-0.25, -0.2) is 4.98 Å². The number of hydrogen-bond donors (Lipinski definition) is 2. The van der Waals surface area contributed by atoms with Crippen LogP contribution >= 0.6 is 11.3 Å². The monoisotopic (exact) mass is 285 g/mol. The zero-order valence-electron chi connectivity index (χ0n) is 10.2. The Labute approximate surface area is 114 Å². The fraction of sp³-hybridized carbons (Fsp3) is 0.545. The highest BCUT2D eigenvalue weighted by Crippen LogP contribution is 2.17. The number of nitrogens with zero attached hydrogens (tertiary/aromatic N) is 2. The van der Waals surface area contributed by atoms with Crippen LogP contribution < -0.4 is 5.73 Å². The lowest BCUT2D eigenvalue weighted by Gasteiger charge is -2.34. The number of thiazole rings is 1. The van der Waals surface area contributed by atoms with Gasteiger partial charge in [-0.1, -0.05) is 0 Å². The Bertz CT molecular complexity index is 476. The van der Waals surface area contributed by atoms with Crippen molar-refractivity contribution in [2.75, 3.05) is 19.8 Å². The zero-order valence-corrected chi connectivity index (χ0v) is 11.1. The summed E-state index contributed by atoms with van der Waals surface area (Å²) in [4.78, 5) is 28.8. The van der Waals surface area contributed by atoms with Gasteiger partial charge in [-0.05, 0) is 0 Å². The number of aliphatic carboxylic acids is 1. The molecule has 0 radical (unpaired) electrons. The molecule has 104 valence electrons. The molecule has 2 rings (SSSR count). The Hall–Kier alpha value is -1.51. The first kappa shape index (κ1) is 13.9. The van der Waals surface area contributed by atoms with Crippen molar-refractivity contribution in [3.63, 3.8) is 0 Å². The van der Waals surface area contributed by atoms with Gasteiger partial charge in [0.1, 0.15) is 10.7 Å². The second-order valence-electron chi connectivity index (χ2n) is 4.16. The molecule has 1 atom stereocenters. The second kappa shape index (κ2) is 6.09. The van der Waals surface area contributed by atoms with Gasteiger partial charge < -0.3 is 20.5 Å². The van der Waals surface area contributed by atoms with E-state index in [1.807, 2.05) is 0 Å². The molecule has 1 amide bonds. The van der Waals surface area contributed by atoms with E-state index in [9.17, 15) is 9.59 Å². The highest BCUT2D eigenvalue weighted by molar-refractivity contribution is 7.09. The molecule has 0 aromatic carbocycles. The summed E-state index contributed by atoms with van der Waals surface area (Å²) in [5, 5.41) is 11.2. The third-order valence-corrected chi connectivity index (χ3v) is 3.72. The number of carboxylic acid groups (broad SMARTS) is 1. The molecular weight excluding hydrogens is 270 g/mol. The normalized spacial score (nSPS) is 19.4. The lowest BCUT2D eigenvalue weighted by Crippen LogP contribution is -2.49. The minimum Gasteiger partial charge on any atom is -0.481 e. The minimum atomic E-state index is -0.950. The van der Waals surface area contributed by atoms with Gasteiger partial charge >= 0.3 is 5.97 Å². The minimum absolute atomic E-state index is 0.125. The largest absolute Gasteiger partial charge is 0.481 e. The van der Waals surface area contributed by atoms with E-state index >= 15 is 0 Å². The van der Waals surface area contributed by atoms with Crippen molar-refractivity contribution in [1.82, 2.24) is 9.88 Å². The van der Waals surface area contributed by atoms with E-state index in [0.717, 1.165) is 0 Å². The van der Waals surface area contributed by atoms with E-state index in [4.69, 9.17) is 15.6 Å². The summed E-state index contributed by atoms with van der Waals surface area (Å²) in [7, 11) is 0. The molecule has 0 aliphatic carbocycles. The average molecular weight is 285 g/mol. The van der Waals surface area contributed by atoms with Gasteiger partial charge in [-0.15, -0.1) is 11.3 Å². The summed E-state index contributed by atoms with van der Waals surface area (Å²) < 4.78 is 5.23. The predicted octanol–water partition coefficient (Wildman–Crippen LogP) is -0.0825. The fourth-order valence-electron chi connectivity index (χ4n) is 1.94. The predicted molar refractivity (Wildman–Crippen MR) is 67.9 cm³/mol. The zero-order chi connectivity index (χ0) is 13.8. The van der Waals surface area contributed by atoms with Crippen molar-refractivity contribution in [3.8, 4) is 0 Å². The molecular formula is C11H15N3O4S. The number of carbonyl (C=O) groups excluding carboxylic acids is 1. The number of ether oxygens (including phenoxy) is 1. The van der Waals surface area contributed by atoms with Crippen molar-refractivity contribution < 1.29 is 19.4 Å². The average Bonchev–Trinajstić information content (AvgIpc) is 2.86. The number of aromatic nitrogens is 1. The van der Waals surface area contributed by atoms with Gasteiger partial charge in [0.05, 0.1) is 25.7 Å². The summed E-state index contributed by atoms with van der Waals surface area (Å²) >= 11 is 1.33. The highest BCUT2D eigenvalue weighted by Gasteiger charge is 2.30. The van der Waals surface area contributed by atoms with Crippen LogP contribution in [0.4, 0.5) is 0 Å². The number of hydrogen-bond acceptors (Lipinski definition) is 6.